The Hall–Kier alpha value is -1.74. The molecule has 0 fully saturated rings. The predicted molar refractivity (Wildman–Crippen MR) is 85.0 cm³/mol. The molecule has 0 saturated carbocycles. The molecule has 0 aliphatic carbocycles. The molecule has 2 aromatic heterocycles. The standard InChI is InChI=1S/C14H7Br2F3N4/c15-9-4-2-8(3-5-9)10-11(14(17,18)19)22-23(12(10)16)13-20-6-1-7-21-13/h1-7H. The van der Waals surface area contributed by atoms with Crippen LogP contribution in [0.4, 0.5) is 13.2 Å². The molecule has 23 heavy (non-hydrogen) atoms. The molecule has 0 radical (unpaired) electrons. The molecule has 0 aliphatic rings. The van der Waals surface area contributed by atoms with Gasteiger partial charge in [0.1, 0.15) is 4.60 Å². The van der Waals surface area contributed by atoms with Crippen molar-refractivity contribution in [1.29, 1.82) is 0 Å². The Balaban J connectivity index is 2.25. The second-order valence-electron chi connectivity index (χ2n) is 4.48. The smallest absolute Gasteiger partial charge is 0.220 e. The lowest BCUT2D eigenvalue weighted by Crippen LogP contribution is -2.09. The fourth-order valence-corrected chi connectivity index (χ4v) is 2.92. The molecule has 3 rings (SSSR count). The van der Waals surface area contributed by atoms with Crippen molar-refractivity contribution in [3.63, 3.8) is 0 Å². The molecule has 1 aromatic carbocycles. The van der Waals surface area contributed by atoms with Crippen molar-refractivity contribution in [3.05, 3.63) is 57.5 Å². The first-order valence-corrected chi connectivity index (χ1v) is 7.85. The number of hydrogen-bond acceptors (Lipinski definition) is 3. The fourth-order valence-electron chi connectivity index (χ4n) is 2.00. The summed E-state index contributed by atoms with van der Waals surface area (Å²) in [4.78, 5) is 7.88. The third kappa shape index (κ3) is 3.16. The van der Waals surface area contributed by atoms with Crippen LogP contribution in [0.15, 0.2) is 51.8 Å². The molecular weight excluding hydrogens is 441 g/mol. The molecule has 0 spiro atoms. The van der Waals surface area contributed by atoms with Gasteiger partial charge in [0.2, 0.25) is 0 Å². The molecule has 9 heteroatoms. The van der Waals surface area contributed by atoms with Crippen LogP contribution in [0.3, 0.4) is 0 Å². The molecule has 0 saturated heterocycles. The molecule has 0 N–H and O–H groups in total. The maximum absolute atomic E-state index is 13.4. The second kappa shape index (κ2) is 6.04. The molecule has 0 aliphatic heterocycles. The fraction of sp³-hybridized carbons (Fsp3) is 0.0714. The van der Waals surface area contributed by atoms with Crippen LogP contribution in [-0.4, -0.2) is 19.7 Å². The first-order chi connectivity index (χ1) is 10.9. The van der Waals surface area contributed by atoms with Gasteiger partial charge in [-0.15, -0.1) is 0 Å². The van der Waals surface area contributed by atoms with Crippen LogP contribution in [0.25, 0.3) is 17.1 Å². The summed E-state index contributed by atoms with van der Waals surface area (Å²) >= 11 is 6.46. The summed E-state index contributed by atoms with van der Waals surface area (Å²) in [5.41, 5.74) is -0.675. The predicted octanol–water partition coefficient (Wildman–Crippen LogP) is 4.87. The van der Waals surface area contributed by atoms with E-state index in [9.17, 15) is 13.2 Å². The highest BCUT2D eigenvalue weighted by atomic mass is 79.9. The quantitative estimate of drug-likeness (QED) is 0.562. The average Bonchev–Trinajstić information content (AvgIpc) is 2.87. The monoisotopic (exact) mass is 446 g/mol. The summed E-state index contributed by atoms with van der Waals surface area (Å²) in [7, 11) is 0. The van der Waals surface area contributed by atoms with Gasteiger partial charge in [-0.3, -0.25) is 0 Å². The zero-order chi connectivity index (χ0) is 16.6. The van der Waals surface area contributed by atoms with Crippen LogP contribution in [0.2, 0.25) is 0 Å². The number of benzene rings is 1. The van der Waals surface area contributed by atoms with Crippen LogP contribution in [-0.2, 0) is 6.18 Å². The molecule has 0 unspecified atom stereocenters. The van der Waals surface area contributed by atoms with E-state index in [1.165, 1.54) is 12.4 Å². The van der Waals surface area contributed by atoms with Crippen molar-refractivity contribution in [2.45, 2.75) is 6.18 Å². The topological polar surface area (TPSA) is 43.6 Å². The highest BCUT2D eigenvalue weighted by Crippen LogP contribution is 2.41. The Morgan fingerprint density at radius 3 is 2.13 bits per heavy atom. The Bertz CT molecular complexity index is 830. The zero-order valence-electron chi connectivity index (χ0n) is 11.2. The molecule has 0 atom stereocenters. The third-order valence-corrected chi connectivity index (χ3v) is 4.23. The van der Waals surface area contributed by atoms with Crippen LogP contribution >= 0.6 is 31.9 Å². The number of nitrogens with zero attached hydrogens (tertiary/aromatic N) is 4. The minimum Gasteiger partial charge on any atom is -0.220 e. The van der Waals surface area contributed by atoms with Gasteiger partial charge >= 0.3 is 6.18 Å². The summed E-state index contributed by atoms with van der Waals surface area (Å²) in [6.45, 7) is 0. The number of alkyl halides is 3. The summed E-state index contributed by atoms with van der Waals surface area (Å²) < 4.78 is 42.1. The van der Waals surface area contributed by atoms with Gasteiger partial charge in [-0.25, -0.2) is 9.97 Å². The van der Waals surface area contributed by atoms with E-state index in [1.54, 1.807) is 30.3 Å². The Kier molecular flexibility index (Phi) is 4.24. The first kappa shape index (κ1) is 16.1. The molecule has 118 valence electrons. The normalized spacial score (nSPS) is 11.7. The second-order valence-corrected chi connectivity index (χ2v) is 6.15. The summed E-state index contributed by atoms with van der Waals surface area (Å²) in [6.07, 6.45) is -1.74. The number of aromatic nitrogens is 4. The lowest BCUT2D eigenvalue weighted by atomic mass is 10.1. The van der Waals surface area contributed by atoms with Crippen LogP contribution < -0.4 is 0 Å². The van der Waals surface area contributed by atoms with Crippen molar-refractivity contribution in [2.75, 3.05) is 0 Å². The van der Waals surface area contributed by atoms with E-state index in [1.807, 2.05) is 0 Å². The van der Waals surface area contributed by atoms with Crippen LogP contribution in [0.5, 0.6) is 0 Å². The van der Waals surface area contributed by atoms with Gasteiger partial charge in [-0.2, -0.15) is 23.0 Å². The van der Waals surface area contributed by atoms with Gasteiger partial charge in [0.15, 0.2) is 5.69 Å². The van der Waals surface area contributed by atoms with Crippen molar-refractivity contribution in [1.82, 2.24) is 19.7 Å². The van der Waals surface area contributed by atoms with Gasteiger partial charge in [0.25, 0.3) is 5.95 Å². The maximum Gasteiger partial charge on any atom is 0.435 e. The molecule has 0 bridgehead atoms. The molecule has 2 heterocycles. The highest BCUT2D eigenvalue weighted by molar-refractivity contribution is 9.10. The van der Waals surface area contributed by atoms with E-state index in [-0.39, 0.29) is 16.1 Å². The minimum atomic E-state index is -4.61. The first-order valence-electron chi connectivity index (χ1n) is 6.27. The highest BCUT2D eigenvalue weighted by Gasteiger charge is 2.39. The number of hydrogen-bond donors (Lipinski definition) is 0. The van der Waals surface area contributed by atoms with E-state index in [2.05, 4.69) is 46.9 Å². The lowest BCUT2D eigenvalue weighted by Gasteiger charge is -2.06. The van der Waals surface area contributed by atoms with Crippen molar-refractivity contribution in [3.8, 4) is 17.1 Å². The summed E-state index contributed by atoms with van der Waals surface area (Å²) in [5.74, 6) is 0.0493. The van der Waals surface area contributed by atoms with Gasteiger partial charge in [0.05, 0.1) is 0 Å². The van der Waals surface area contributed by atoms with Gasteiger partial charge in [-0.1, -0.05) is 28.1 Å². The minimum absolute atomic E-state index is 0.0493. The number of rotatable bonds is 2. The summed E-state index contributed by atoms with van der Waals surface area (Å²) in [6, 6.07) is 8.06. The van der Waals surface area contributed by atoms with E-state index >= 15 is 0 Å². The molecule has 0 amide bonds. The van der Waals surface area contributed by atoms with Crippen molar-refractivity contribution < 1.29 is 13.2 Å². The van der Waals surface area contributed by atoms with Crippen LogP contribution in [0.1, 0.15) is 5.69 Å². The van der Waals surface area contributed by atoms with Gasteiger partial charge in [-0.05, 0) is 39.7 Å². The molecular formula is C14H7Br2F3N4. The van der Waals surface area contributed by atoms with Crippen molar-refractivity contribution >= 4 is 31.9 Å². The van der Waals surface area contributed by atoms with Crippen molar-refractivity contribution in [2.24, 2.45) is 0 Å². The zero-order valence-corrected chi connectivity index (χ0v) is 14.4. The molecule has 4 nitrogen and oxygen atoms in total. The van der Waals surface area contributed by atoms with E-state index in [0.29, 0.717) is 5.56 Å². The average molecular weight is 448 g/mol. The van der Waals surface area contributed by atoms with E-state index < -0.39 is 11.9 Å². The largest absolute Gasteiger partial charge is 0.435 e. The van der Waals surface area contributed by atoms with Crippen LogP contribution in [0, 0.1) is 0 Å². The SMILES string of the molecule is FC(F)(F)c1nn(-c2ncccn2)c(Br)c1-c1ccc(Br)cc1. The maximum atomic E-state index is 13.4. The Labute approximate surface area is 145 Å². The van der Waals surface area contributed by atoms with E-state index in [0.717, 1.165) is 9.15 Å². The summed E-state index contributed by atoms with van der Waals surface area (Å²) in [5, 5.41) is 3.66. The Morgan fingerprint density at radius 1 is 0.957 bits per heavy atom. The van der Waals surface area contributed by atoms with Gasteiger partial charge < -0.3 is 0 Å². The van der Waals surface area contributed by atoms with E-state index in [4.69, 9.17) is 0 Å². The third-order valence-electron chi connectivity index (χ3n) is 2.97. The lowest BCUT2D eigenvalue weighted by molar-refractivity contribution is -0.140. The van der Waals surface area contributed by atoms with Gasteiger partial charge in [0, 0.05) is 22.4 Å². The number of halogens is 5. The molecule has 3 aromatic rings. The Morgan fingerprint density at radius 2 is 1.57 bits per heavy atom.